The Morgan fingerprint density at radius 2 is 2.04 bits per heavy atom. The number of nitrogens with zero attached hydrogens (tertiary/aromatic N) is 2. The number of hydrazone groups is 1. The van der Waals surface area contributed by atoms with Crippen LogP contribution in [0.1, 0.15) is 19.0 Å². The highest BCUT2D eigenvalue weighted by Gasteiger charge is 2.14. The fraction of sp³-hybridized carbons (Fsp3) is 0.263. The second kappa shape index (κ2) is 9.76. The van der Waals surface area contributed by atoms with Gasteiger partial charge in [0.25, 0.3) is 0 Å². The molecular formula is C19H23N3O2S. The van der Waals surface area contributed by atoms with E-state index in [4.69, 9.17) is 20.3 Å². The summed E-state index contributed by atoms with van der Waals surface area (Å²) in [5, 5.41) is 6.90. The van der Waals surface area contributed by atoms with Crippen LogP contribution in [0.25, 0.3) is 10.6 Å². The van der Waals surface area contributed by atoms with Gasteiger partial charge in [-0.1, -0.05) is 37.3 Å². The highest BCUT2D eigenvalue weighted by Crippen LogP contribution is 2.25. The highest BCUT2D eigenvalue weighted by atomic mass is 32.1. The Kier molecular flexibility index (Phi) is 7.37. The maximum absolute atomic E-state index is 5.67. The van der Waals surface area contributed by atoms with Gasteiger partial charge in [-0.3, -0.25) is 0 Å². The molecule has 25 heavy (non-hydrogen) atoms. The average Bonchev–Trinajstić information content (AvgIpc) is 3.14. The molecule has 0 amide bonds. The summed E-state index contributed by atoms with van der Waals surface area (Å²) in [4.78, 5) is 4.70. The quantitative estimate of drug-likeness (QED) is 0.255. The first-order valence-electron chi connectivity index (χ1n) is 7.96. The van der Waals surface area contributed by atoms with E-state index in [1.165, 1.54) is 0 Å². The number of hydrogen-bond donors (Lipinski definition) is 1. The number of benzene rings is 1. The van der Waals surface area contributed by atoms with E-state index in [2.05, 4.69) is 5.10 Å². The molecule has 5 nitrogen and oxygen atoms in total. The number of thiazole rings is 1. The molecular weight excluding hydrogens is 334 g/mol. The lowest BCUT2D eigenvalue weighted by atomic mass is 10.0. The van der Waals surface area contributed by atoms with Crippen molar-refractivity contribution in [1.82, 2.24) is 4.98 Å². The van der Waals surface area contributed by atoms with Gasteiger partial charge >= 0.3 is 0 Å². The monoisotopic (exact) mass is 357 g/mol. The van der Waals surface area contributed by atoms with Crippen molar-refractivity contribution in [3.05, 3.63) is 64.9 Å². The zero-order valence-corrected chi connectivity index (χ0v) is 15.5. The molecule has 0 radical (unpaired) electrons. The molecule has 0 aliphatic heterocycles. The summed E-state index contributed by atoms with van der Waals surface area (Å²) in [5.41, 5.74) is 3.47. The van der Waals surface area contributed by atoms with Crippen LogP contribution >= 0.6 is 11.3 Å². The van der Waals surface area contributed by atoms with E-state index in [9.17, 15) is 0 Å². The normalized spacial score (nSPS) is 13.2. The van der Waals surface area contributed by atoms with E-state index >= 15 is 0 Å². The Bertz CT molecular complexity index is 764. The van der Waals surface area contributed by atoms with E-state index in [0.29, 0.717) is 18.1 Å². The minimum atomic E-state index is 0.473. The summed E-state index contributed by atoms with van der Waals surface area (Å²) in [6.45, 7) is 2.52. The Labute approximate surface area is 152 Å². The van der Waals surface area contributed by atoms with E-state index in [-0.39, 0.29) is 0 Å². The fourth-order valence-electron chi connectivity index (χ4n) is 2.29. The van der Waals surface area contributed by atoms with Gasteiger partial charge in [0, 0.05) is 18.1 Å². The van der Waals surface area contributed by atoms with E-state index < -0.39 is 0 Å². The van der Waals surface area contributed by atoms with Crippen molar-refractivity contribution >= 4 is 17.0 Å². The van der Waals surface area contributed by atoms with Crippen LogP contribution in [0.2, 0.25) is 0 Å². The summed E-state index contributed by atoms with van der Waals surface area (Å²) in [7, 11) is 3.27. The molecule has 2 aromatic rings. The van der Waals surface area contributed by atoms with Gasteiger partial charge in [-0.15, -0.1) is 11.3 Å². The van der Waals surface area contributed by atoms with Crippen molar-refractivity contribution in [3.8, 4) is 10.6 Å². The van der Waals surface area contributed by atoms with Gasteiger partial charge in [0.2, 0.25) is 0 Å². The molecule has 132 valence electrons. The summed E-state index contributed by atoms with van der Waals surface area (Å²) >= 11 is 1.57. The van der Waals surface area contributed by atoms with Crippen LogP contribution in [0.4, 0.5) is 0 Å². The molecule has 0 unspecified atom stereocenters. The van der Waals surface area contributed by atoms with E-state index in [1.54, 1.807) is 25.6 Å². The van der Waals surface area contributed by atoms with E-state index in [0.717, 1.165) is 28.3 Å². The number of methoxy groups -OCH3 is 2. The van der Waals surface area contributed by atoms with Gasteiger partial charge in [-0.2, -0.15) is 5.10 Å². The van der Waals surface area contributed by atoms with Crippen LogP contribution in [0.15, 0.2) is 64.3 Å². The molecule has 0 spiro atoms. The molecule has 2 N–H and O–H groups in total. The molecule has 0 saturated carbocycles. The first-order chi connectivity index (χ1) is 12.2. The third-order valence-electron chi connectivity index (χ3n) is 3.59. The number of aromatic nitrogens is 1. The molecule has 0 bridgehead atoms. The minimum Gasteiger partial charge on any atom is -0.497 e. The van der Waals surface area contributed by atoms with Crippen LogP contribution in [0.3, 0.4) is 0 Å². The molecule has 2 rings (SSSR count). The lowest BCUT2D eigenvalue weighted by molar-refractivity contribution is 0.226. The van der Waals surface area contributed by atoms with Crippen LogP contribution in [0.5, 0.6) is 0 Å². The average molecular weight is 357 g/mol. The van der Waals surface area contributed by atoms with E-state index in [1.807, 2.05) is 54.8 Å². The van der Waals surface area contributed by atoms with Crippen LogP contribution < -0.4 is 5.84 Å². The Balaban J connectivity index is 2.33. The van der Waals surface area contributed by atoms with Gasteiger partial charge in [0.15, 0.2) is 0 Å². The number of hydrogen-bond acceptors (Lipinski definition) is 6. The number of rotatable bonds is 8. The molecule has 0 aliphatic carbocycles. The largest absolute Gasteiger partial charge is 0.497 e. The second-order valence-electron chi connectivity index (χ2n) is 5.17. The lowest BCUT2D eigenvalue weighted by Gasteiger charge is -2.08. The van der Waals surface area contributed by atoms with Gasteiger partial charge in [0.05, 0.1) is 13.7 Å². The standard InChI is InChI=1S/C19H23N3O2S/c1-4-14(12-16(24-3)10-11-23-2)18(22-20)17-13-25-19(21-17)15-8-6-5-7-9-15/h5-10,12-13H,4,11,20H2,1-3H3/b14-12+,16-10+,22-18-. The zero-order chi connectivity index (χ0) is 18.1. The van der Waals surface area contributed by atoms with Gasteiger partial charge < -0.3 is 15.3 Å². The first-order valence-corrected chi connectivity index (χ1v) is 8.84. The number of ether oxygens (including phenoxy) is 2. The SMILES string of the molecule is CCC(=C\C(=C/COC)OC)/C(=N/N)c1csc(-c2ccccc2)n1. The highest BCUT2D eigenvalue weighted by molar-refractivity contribution is 7.13. The Morgan fingerprint density at radius 3 is 2.64 bits per heavy atom. The van der Waals surface area contributed by atoms with Crippen molar-refractivity contribution in [2.24, 2.45) is 10.9 Å². The molecule has 1 aromatic heterocycles. The Hall–Kier alpha value is -2.44. The van der Waals surface area contributed by atoms with Crippen molar-refractivity contribution < 1.29 is 9.47 Å². The van der Waals surface area contributed by atoms with Crippen molar-refractivity contribution in [3.63, 3.8) is 0 Å². The summed E-state index contributed by atoms with van der Waals surface area (Å²) in [6.07, 6.45) is 4.54. The maximum atomic E-state index is 5.67. The van der Waals surface area contributed by atoms with Crippen molar-refractivity contribution in [2.45, 2.75) is 13.3 Å². The molecule has 6 heteroatoms. The molecule has 0 aliphatic rings. The fourth-order valence-corrected chi connectivity index (χ4v) is 3.10. The topological polar surface area (TPSA) is 69.7 Å². The Morgan fingerprint density at radius 1 is 1.28 bits per heavy atom. The molecule has 0 fully saturated rings. The van der Waals surface area contributed by atoms with Crippen LogP contribution in [0, 0.1) is 0 Å². The van der Waals surface area contributed by atoms with Gasteiger partial charge in [-0.05, 0) is 24.1 Å². The molecule has 0 saturated heterocycles. The summed E-state index contributed by atoms with van der Waals surface area (Å²) in [5.74, 6) is 6.38. The second-order valence-corrected chi connectivity index (χ2v) is 6.03. The molecule has 1 aromatic carbocycles. The van der Waals surface area contributed by atoms with Crippen LogP contribution in [-0.4, -0.2) is 31.5 Å². The zero-order valence-electron chi connectivity index (χ0n) is 14.7. The van der Waals surface area contributed by atoms with Crippen molar-refractivity contribution in [1.29, 1.82) is 0 Å². The minimum absolute atomic E-state index is 0.473. The number of allylic oxidation sites excluding steroid dienone is 2. The predicted molar refractivity (Wildman–Crippen MR) is 104 cm³/mol. The third kappa shape index (κ3) is 5.01. The summed E-state index contributed by atoms with van der Waals surface area (Å²) in [6, 6.07) is 10.1. The predicted octanol–water partition coefficient (Wildman–Crippen LogP) is 3.99. The smallest absolute Gasteiger partial charge is 0.124 e. The molecule has 1 heterocycles. The summed E-state index contributed by atoms with van der Waals surface area (Å²) < 4.78 is 10.4. The third-order valence-corrected chi connectivity index (χ3v) is 4.48. The van der Waals surface area contributed by atoms with Gasteiger partial charge in [-0.25, -0.2) is 4.98 Å². The van der Waals surface area contributed by atoms with Gasteiger partial charge in [0.1, 0.15) is 22.2 Å². The van der Waals surface area contributed by atoms with Crippen LogP contribution in [-0.2, 0) is 9.47 Å². The van der Waals surface area contributed by atoms with Crippen molar-refractivity contribution in [2.75, 3.05) is 20.8 Å². The molecule has 0 atom stereocenters. The first kappa shape index (κ1) is 18.9. The number of nitrogens with two attached hydrogens (primary N) is 1. The maximum Gasteiger partial charge on any atom is 0.124 e. The lowest BCUT2D eigenvalue weighted by Crippen LogP contribution is -2.09.